The van der Waals surface area contributed by atoms with E-state index in [4.69, 9.17) is 34.4 Å². The van der Waals surface area contributed by atoms with Gasteiger partial charge < -0.3 is 34.4 Å². The maximum atomic E-state index is 6.48. The summed E-state index contributed by atoms with van der Waals surface area (Å²) in [4.78, 5) is 0. The van der Waals surface area contributed by atoms with E-state index >= 15 is 0 Å². The summed E-state index contributed by atoms with van der Waals surface area (Å²) in [5.74, 6) is 0. The Morgan fingerprint density at radius 2 is 0.500 bits per heavy atom. The molecule has 0 bridgehead atoms. The van der Waals surface area contributed by atoms with Crippen LogP contribution in [0.15, 0.2) is 0 Å². The molecular formula is C9H24N6Zn-6. The van der Waals surface area contributed by atoms with Gasteiger partial charge in [0.2, 0.25) is 0 Å². The van der Waals surface area contributed by atoms with Gasteiger partial charge in [-0.25, -0.2) is 0 Å². The molecule has 6 N–H and O–H groups in total. The van der Waals surface area contributed by atoms with E-state index in [0.29, 0.717) is 39.3 Å². The smallest absolute Gasteiger partial charge is 0 e. The Kier molecular flexibility index (Phi) is 57.1. The Labute approximate surface area is 113 Å². The van der Waals surface area contributed by atoms with Crippen molar-refractivity contribution >= 4 is 0 Å². The molecular weight excluding hydrogens is 258 g/mol. The van der Waals surface area contributed by atoms with Gasteiger partial charge in [0, 0.05) is 19.5 Å². The molecule has 0 unspecified atom stereocenters. The summed E-state index contributed by atoms with van der Waals surface area (Å²) in [6.07, 6.45) is 2.17. The quantitative estimate of drug-likeness (QED) is 0.634. The van der Waals surface area contributed by atoms with Crippen LogP contribution < -0.4 is 0 Å². The molecule has 0 amide bonds. The van der Waals surface area contributed by atoms with Crippen molar-refractivity contribution in [2.45, 2.75) is 19.3 Å². The van der Waals surface area contributed by atoms with Crippen LogP contribution in [0.25, 0.3) is 34.4 Å². The Hall–Kier alpha value is 0.383. The van der Waals surface area contributed by atoms with Gasteiger partial charge in [0.05, 0.1) is 0 Å². The Balaban J connectivity index is -0.0000000655. The summed E-state index contributed by atoms with van der Waals surface area (Å²) in [6, 6.07) is 0. The Morgan fingerprint density at radius 1 is 0.375 bits per heavy atom. The van der Waals surface area contributed by atoms with Crippen LogP contribution in [0.3, 0.4) is 0 Å². The average Bonchev–Trinajstić information content (AvgIpc) is 2.23. The second-order valence-corrected chi connectivity index (χ2v) is 2.56. The van der Waals surface area contributed by atoms with Crippen molar-refractivity contribution in [2.75, 3.05) is 39.3 Å². The average molecular weight is 282 g/mol. The molecule has 0 rings (SSSR count). The SMILES string of the molecule is [NH-]CCC[NH-].[NH-]CCC[NH-].[NH-]CCC[NH-].[Zn]. The first-order valence-corrected chi connectivity index (χ1v) is 5.12. The van der Waals surface area contributed by atoms with E-state index in [-0.39, 0.29) is 19.5 Å². The topological polar surface area (TPSA) is 143 Å². The van der Waals surface area contributed by atoms with Crippen LogP contribution >= 0.6 is 0 Å². The molecule has 6 nitrogen and oxygen atoms in total. The predicted molar refractivity (Wildman–Crippen MR) is 69.0 cm³/mol. The van der Waals surface area contributed by atoms with Gasteiger partial charge in [0.15, 0.2) is 0 Å². The zero-order valence-electron chi connectivity index (χ0n) is 10.1. The fraction of sp³-hybridized carbons (Fsp3) is 1.00. The van der Waals surface area contributed by atoms with Gasteiger partial charge in [-0.05, 0) is 0 Å². The molecule has 0 aliphatic rings. The van der Waals surface area contributed by atoms with E-state index in [1.54, 1.807) is 0 Å². The van der Waals surface area contributed by atoms with Crippen LogP contribution in [-0.4, -0.2) is 39.3 Å². The summed E-state index contributed by atoms with van der Waals surface area (Å²) in [6.45, 7) is 2.44. The third-order valence-corrected chi connectivity index (χ3v) is 1.06. The minimum Gasteiger partial charge on any atom is -0.677 e. The minimum absolute atomic E-state index is 0. The summed E-state index contributed by atoms with van der Waals surface area (Å²) in [5.41, 5.74) is 38.9. The van der Waals surface area contributed by atoms with Crippen LogP contribution in [0.4, 0.5) is 0 Å². The summed E-state index contributed by atoms with van der Waals surface area (Å²) in [7, 11) is 0. The van der Waals surface area contributed by atoms with Crippen LogP contribution in [0, 0.1) is 0 Å². The van der Waals surface area contributed by atoms with Gasteiger partial charge in [-0.2, -0.15) is 39.3 Å². The predicted octanol–water partition coefficient (Wildman–Crippen LogP) is 4.44. The first-order chi connectivity index (χ1) is 7.24. The maximum Gasteiger partial charge on any atom is 0 e. The number of hydrogen-bond donors (Lipinski definition) is 0. The molecule has 0 aliphatic heterocycles. The molecule has 0 aromatic rings. The summed E-state index contributed by atoms with van der Waals surface area (Å²) >= 11 is 0. The standard InChI is InChI=1S/3C3H8N2.Zn/c3*4-2-1-3-5;/h3*4-5H,1-3H2;/q3*-2;. The molecule has 0 saturated carbocycles. The molecule has 7 heteroatoms. The fourth-order valence-corrected chi connectivity index (χ4v) is 0.265. The molecule has 0 saturated heterocycles. The molecule has 0 atom stereocenters. The molecule has 0 fully saturated rings. The van der Waals surface area contributed by atoms with Crippen LogP contribution in [0.5, 0.6) is 0 Å². The first-order valence-electron chi connectivity index (χ1n) is 5.12. The molecule has 0 spiro atoms. The van der Waals surface area contributed by atoms with Crippen molar-refractivity contribution in [2.24, 2.45) is 0 Å². The third kappa shape index (κ3) is 63.2. The van der Waals surface area contributed by atoms with E-state index < -0.39 is 0 Å². The van der Waals surface area contributed by atoms with Gasteiger partial charge in [0.25, 0.3) is 0 Å². The van der Waals surface area contributed by atoms with Crippen LogP contribution in [0.1, 0.15) is 19.3 Å². The zero-order valence-corrected chi connectivity index (χ0v) is 13.0. The molecule has 16 heavy (non-hydrogen) atoms. The molecule has 0 aliphatic carbocycles. The Morgan fingerprint density at radius 3 is 0.500 bits per heavy atom. The molecule has 0 aromatic heterocycles. The minimum atomic E-state index is 0. The van der Waals surface area contributed by atoms with Crippen molar-refractivity contribution in [3.8, 4) is 0 Å². The van der Waals surface area contributed by atoms with E-state index in [2.05, 4.69) is 0 Å². The van der Waals surface area contributed by atoms with E-state index in [9.17, 15) is 0 Å². The summed E-state index contributed by atoms with van der Waals surface area (Å²) in [5, 5.41) is 0. The van der Waals surface area contributed by atoms with Crippen LogP contribution in [0.2, 0.25) is 0 Å². The molecule has 0 aromatic carbocycles. The zero-order chi connectivity index (χ0) is 12.4. The second-order valence-electron chi connectivity index (χ2n) is 2.56. The van der Waals surface area contributed by atoms with E-state index in [1.807, 2.05) is 0 Å². The summed E-state index contributed by atoms with van der Waals surface area (Å²) < 4.78 is 0. The maximum absolute atomic E-state index is 6.48. The van der Waals surface area contributed by atoms with Crippen molar-refractivity contribution < 1.29 is 19.5 Å². The third-order valence-electron chi connectivity index (χ3n) is 1.06. The van der Waals surface area contributed by atoms with E-state index in [0.717, 1.165) is 19.3 Å². The molecule has 0 heterocycles. The monoisotopic (exact) mass is 280 g/mol. The Bertz CT molecular complexity index is 56.8. The molecule has 98 valence electrons. The van der Waals surface area contributed by atoms with Crippen LogP contribution in [-0.2, 0) is 19.5 Å². The van der Waals surface area contributed by atoms with Crippen molar-refractivity contribution in [1.82, 2.24) is 0 Å². The first kappa shape index (κ1) is 25.3. The van der Waals surface area contributed by atoms with Gasteiger partial charge in [-0.15, -0.1) is 0 Å². The normalized spacial score (nSPS) is 7.88. The number of nitrogens with one attached hydrogen (secondary N) is 6. The fourth-order valence-electron chi connectivity index (χ4n) is 0.265. The number of hydrogen-bond acceptors (Lipinski definition) is 0. The van der Waals surface area contributed by atoms with Gasteiger partial charge in [-0.1, -0.05) is 19.3 Å². The van der Waals surface area contributed by atoms with Gasteiger partial charge >= 0.3 is 0 Å². The van der Waals surface area contributed by atoms with Gasteiger partial charge in [0.1, 0.15) is 0 Å². The van der Waals surface area contributed by atoms with Crippen molar-refractivity contribution in [1.29, 1.82) is 0 Å². The molecule has 0 radical (unpaired) electrons. The number of rotatable bonds is 6. The largest absolute Gasteiger partial charge is 0.677 e. The van der Waals surface area contributed by atoms with E-state index in [1.165, 1.54) is 0 Å². The van der Waals surface area contributed by atoms with Gasteiger partial charge in [-0.3, -0.25) is 0 Å². The van der Waals surface area contributed by atoms with Crippen molar-refractivity contribution in [3.63, 3.8) is 0 Å². The second kappa shape index (κ2) is 36.1. The van der Waals surface area contributed by atoms with Crippen molar-refractivity contribution in [3.05, 3.63) is 34.4 Å².